The molecular formula is C8H15N5O2. The zero-order chi connectivity index (χ0) is 10.5. The minimum Gasteiger partial charge on any atom is -0.373 e. The highest BCUT2D eigenvalue weighted by Gasteiger charge is 2.13. The van der Waals surface area contributed by atoms with Gasteiger partial charge in [0.15, 0.2) is 5.82 Å². The van der Waals surface area contributed by atoms with Crippen molar-refractivity contribution in [1.29, 1.82) is 0 Å². The van der Waals surface area contributed by atoms with Crippen LogP contribution in [0.25, 0.3) is 0 Å². The monoisotopic (exact) mass is 213 g/mol. The van der Waals surface area contributed by atoms with E-state index < -0.39 is 0 Å². The van der Waals surface area contributed by atoms with Gasteiger partial charge in [-0.1, -0.05) is 0 Å². The first-order valence-corrected chi connectivity index (χ1v) is 4.97. The van der Waals surface area contributed by atoms with Gasteiger partial charge >= 0.3 is 0 Å². The first kappa shape index (κ1) is 10.5. The molecule has 1 atom stereocenters. The van der Waals surface area contributed by atoms with Crippen LogP contribution in [0.5, 0.6) is 0 Å². The van der Waals surface area contributed by atoms with Gasteiger partial charge in [-0.05, 0) is 5.21 Å². The molecule has 7 nitrogen and oxygen atoms in total. The maximum absolute atomic E-state index is 5.47. The molecule has 84 valence electrons. The van der Waals surface area contributed by atoms with Crippen molar-refractivity contribution in [1.82, 2.24) is 25.5 Å². The lowest BCUT2D eigenvalue weighted by Gasteiger charge is -2.22. The van der Waals surface area contributed by atoms with Crippen LogP contribution >= 0.6 is 0 Å². The second-order valence-corrected chi connectivity index (χ2v) is 3.41. The van der Waals surface area contributed by atoms with Gasteiger partial charge in [0.25, 0.3) is 0 Å². The topological polar surface area (TPSA) is 74.1 Å². The lowest BCUT2D eigenvalue weighted by atomic mass is 10.3. The van der Waals surface area contributed by atoms with Gasteiger partial charge in [-0.3, -0.25) is 0 Å². The summed E-state index contributed by atoms with van der Waals surface area (Å²) in [6.07, 6.45) is 0.135. The van der Waals surface area contributed by atoms with Crippen molar-refractivity contribution in [2.24, 2.45) is 7.05 Å². The third-order valence-electron chi connectivity index (χ3n) is 2.09. The third kappa shape index (κ3) is 3.22. The first-order chi connectivity index (χ1) is 7.34. The molecule has 15 heavy (non-hydrogen) atoms. The number of ether oxygens (including phenoxy) is 2. The quantitative estimate of drug-likeness (QED) is 0.671. The molecule has 0 aromatic carbocycles. The fourth-order valence-electron chi connectivity index (χ4n) is 1.39. The maximum Gasteiger partial charge on any atom is 0.200 e. The molecule has 1 aromatic heterocycles. The van der Waals surface area contributed by atoms with E-state index in [0.717, 1.165) is 19.7 Å². The van der Waals surface area contributed by atoms with E-state index in [1.165, 1.54) is 4.80 Å². The van der Waals surface area contributed by atoms with Crippen molar-refractivity contribution in [2.45, 2.75) is 12.7 Å². The number of aromatic nitrogens is 4. The lowest BCUT2D eigenvalue weighted by Crippen LogP contribution is -2.40. The second-order valence-electron chi connectivity index (χ2n) is 3.41. The highest BCUT2D eigenvalue weighted by molar-refractivity contribution is 4.72. The summed E-state index contributed by atoms with van der Waals surface area (Å²) in [6.45, 7) is 3.45. The SMILES string of the molecule is Cn1nnc(COCC2CNCCO2)n1. The Hall–Kier alpha value is -1.05. The van der Waals surface area contributed by atoms with E-state index in [-0.39, 0.29) is 6.10 Å². The molecule has 1 aliphatic rings. The van der Waals surface area contributed by atoms with Crippen molar-refractivity contribution < 1.29 is 9.47 Å². The molecule has 1 unspecified atom stereocenters. The van der Waals surface area contributed by atoms with Crippen LogP contribution in [0.3, 0.4) is 0 Å². The molecule has 0 spiro atoms. The molecular weight excluding hydrogens is 198 g/mol. The number of nitrogens with one attached hydrogen (secondary N) is 1. The Balaban J connectivity index is 1.65. The van der Waals surface area contributed by atoms with Crippen LogP contribution in [-0.4, -0.2) is 52.6 Å². The lowest BCUT2D eigenvalue weighted by molar-refractivity contribution is -0.0369. The highest BCUT2D eigenvalue weighted by Crippen LogP contribution is 1.98. The number of tetrazole rings is 1. The van der Waals surface area contributed by atoms with Gasteiger partial charge in [-0.25, -0.2) is 0 Å². The fourth-order valence-corrected chi connectivity index (χ4v) is 1.39. The smallest absolute Gasteiger partial charge is 0.200 e. The molecule has 1 aliphatic heterocycles. The van der Waals surface area contributed by atoms with Crippen LogP contribution in [0.2, 0.25) is 0 Å². The molecule has 0 saturated carbocycles. The Bertz CT molecular complexity index is 297. The van der Waals surface area contributed by atoms with E-state index in [2.05, 4.69) is 20.7 Å². The van der Waals surface area contributed by atoms with Crippen LogP contribution < -0.4 is 5.32 Å². The largest absolute Gasteiger partial charge is 0.373 e. The Morgan fingerprint density at radius 1 is 1.67 bits per heavy atom. The van der Waals surface area contributed by atoms with Gasteiger partial charge in [0, 0.05) is 13.1 Å². The summed E-state index contributed by atoms with van der Waals surface area (Å²) in [5.41, 5.74) is 0. The number of hydrogen-bond acceptors (Lipinski definition) is 6. The molecule has 1 aromatic rings. The predicted octanol–water partition coefficient (Wildman–Crippen LogP) is -1.28. The molecule has 0 radical (unpaired) electrons. The van der Waals surface area contributed by atoms with Crippen molar-refractivity contribution in [3.63, 3.8) is 0 Å². The van der Waals surface area contributed by atoms with E-state index in [9.17, 15) is 0 Å². The highest BCUT2D eigenvalue weighted by atomic mass is 16.5. The minimum absolute atomic E-state index is 0.135. The molecule has 0 bridgehead atoms. The van der Waals surface area contributed by atoms with E-state index in [1.54, 1.807) is 7.05 Å². The number of rotatable bonds is 4. The van der Waals surface area contributed by atoms with E-state index >= 15 is 0 Å². The van der Waals surface area contributed by atoms with Crippen molar-refractivity contribution in [3.8, 4) is 0 Å². The number of aryl methyl sites for hydroxylation is 1. The number of hydrogen-bond donors (Lipinski definition) is 1. The summed E-state index contributed by atoms with van der Waals surface area (Å²) < 4.78 is 10.9. The maximum atomic E-state index is 5.47. The summed E-state index contributed by atoms with van der Waals surface area (Å²) in [6, 6.07) is 0. The number of nitrogens with zero attached hydrogens (tertiary/aromatic N) is 4. The Labute approximate surface area is 87.7 Å². The zero-order valence-electron chi connectivity index (χ0n) is 8.72. The first-order valence-electron chi connectivity index (χ1n) is 4.97. The summed E-state index contributed by atoms with van der Waals surface area (Å²) in [7, 11) is 1.73. The summed E-state index contributed by atoms with van der Waals surface area (Å²) in [5, 5.41) is 14.8. The van der Waals surface area contributed by atoms with Crippen LogP contribution in [0, 0.1) is 0 Å². The predicted molar refractivity (Wildman–Crippen MR) is 51.1 cm³/mol. The van der Waals surface area contributed by atoms with Crippen molar-refractivity contribution >= 4 is 0 Å². The van der Waals surface area contributed by atoms with Crippen LogP contribution in [0.4, 0.5) is 0 Å². The van der Waals surface area contributed by atoms with Crippen molar-refractivity contribution in [3.05, 3.63) is 5.82 Å². The van der Waals surface area contributed by atoms with Crippen LogP contribution in [-0.2, 0) is 23.1 Å². The molecule has 2 rings (SSSR count). The Morgan fingerprint density at radius 3 is 3.27 bits per heavy atom. The molecule has 1 fully saturated rings. The zero-order valence-corrected chi connectivity index (χ0v) is 8.72. The Morgan fingerprint density at radius 2 is 2.60 bits per heavy atom. The van der Waals surface area contributed by atoms with E-state index in [1.807, 2.05) is 0 Å². The van der Waals surface area contributed by atoms with Gasteiger partial charge < -0.3 is 14.8 Å². The van der Waals surface area contributed by atoms with E-state index in [0.29, 0.717) is 19.0 Å². The summed E-state index contributed by atoms with van der Waals surface area (Å²) in [4.78, 5) is 1.41. The van der Waals surface area contributed by atoms with Gasteiger partial charge in [0.1, 0.15) is 6.61 Å². The molecule has 1 saturated heterocycles. The van der Waals surface area contributed by atoms with E-state index in [4.69, 9.17) is 9.47 Å². The molecule has 7 heteroatoms. The van der Waals surface area contributed by atoms with Gasteiger partial charge in [-0.2, -0.15) is 4.80 Å². The van der Waals surface area contributed by atoms with Crippen molar-refractivity contribution in [2.75, 3.05) is 26.3 Å². The molecule has 1 N–H and O–H groups in total. The fraction of sp³-hybridized carbons (Fsp3) is 0.875. The minimum atomic E-state index is 0.135. The Kier molecular flexibility index (Phi) is 3.59. The molecule has 0 amide bonds. The normalized spacial score (nSPS) is 21.8. The number of morpholine rings is 1. The standard InChI is InChI=1S/C8H15N5O2/c1-13-11-8(10-12-13)6-14-5-7-4-9-2-3-15-7/h7,9H,2-6H2,1H3. The van der Waals surface area contributed by atoms with Gasteiger partial charge in [0.05, 0.1) is 26.4 Å². The van der Waals surface area contributed by atoms with Gasteiger partial charge in [0.2, 0.25) is 0 Å². The third-order valence-corrected chi connectivity index (χ3v) is 2.09. The van der Waals surface area contributed by atoms with Crippen LogP contribution in [0.1, 0.15) is 5.82 Å². The average Bonchev–Trinajstić information content (AvgIpc) is 2.66. The molecule has 2 heterocycles. The van der Waals surface area contributed by atoms with Crippen LogP contribution in [0.15, 0.2) is 0 Å². The average molecular weight is 213 g/mol. The molecule has 0 aliphatic carbocycles. The second kappa shape index (κ2) is 5.15. The summed E-state index contributed by atoms with van der Waals surface area (Å²) >= 11 is 0. The summed E-state index contributed by atoms with van der Waals surface area (Å²) in [5.74, 6) is 0.598. The van der Waals surface area contributed by atoms with Gasteiger partial charge in [-0.15, -0.1) is 10.2 Å².